The first-order valence-electron chi connectivity index (χ1n) is 20.6. The Morgan fingerprint density at radius 1 is 0.521 bits per heavy atom. The van der Waals surface area contributed by atoms with Gasteiger partial charge in [0.05, 0.1) is 17.9 Å². The summed E-state index contributed by atoms with van der Waals surface area (Å²) in [5.74, 6) is 0.388. The molecule has 0 aliphatic rings. The van der Waals surface area contributed by atoms with E-state index >= 15 is 0 Å². The number of unbranched alkanes of at least 4 members (excludes halogenated alkanes) is 22. The van der Waals surface area contributed by atoms with E-state index in [0.29, 0.717) is 31.8 Å². The Kier molecular flexibility index (Phi) is 33.7. The Bertz CT molecular complexity index is 749. The summed E-state index contributed by atoms with van der Waals surface area (Å²) in [5, 5.41) is 5.87. The normalized spacial score (nSPS) is 12.5. The number of nitrogens with two attached hydrogens (primary N) is 3. The van der Waals surface area contributed by atoms with E-state index in [1.165, 1.54) is 135 Å². The van der Waals surface area contributed by atoms with Gasteiger partial charge in [-0.1, -0.05) is 155 Å². The van der Waals surface area contributed by atoms with Crippen LogP contribution in [-0.4, -0.2) is 55.0 Å². The molecule has 0 saturated carbocycles. The number of rotatable bonds is 37. The van der Waals surface area contributed by atoms with Crippen LogP contribution in [0.15, 0.2) is 12.4 Å². The van der Waals surface area contributed by atoms with Crippen molar-refractivity contribution in [3.8, 4) is 0 Å². The van der Waals surface area contributed by atoms with E-state index in [0.717, 1.165) is 45.2 Å². The van der Waals surface area contributed by atoms with Gasteiger partial charge in [-0.2, -0.15) is 0 Å². The van der Waals surface area contributed by atoms with Gasteiger partial charge in [-0.3, -0.25) is 9.59 Å². The maximum atomic E-state index is 13.4. The summed E-state index contributed by atoms with van der Waals surface area (Å²) in [5.41, 5.74) is 17.9. The minimum Gasteiger partial charge on any atom is -0.386 e. The van der Waals surface area contributed by atoms with Crippen LogP contribution in [0.25, 0.3) is 0 Å². The molecule has 0 aromatic carbocycles. The molecular formula is C40H82N6O2. The van der Waals surface area contributed by atoms with E-state index in [9.17, 15) is 9.59 Å². The summed E-state index contributed by atoms with van der Waals surface area (Å²) in [6.07, 6.45) is 33.7. The topological polar surface area (TPSA) is 140 Å². The van der Waals surface area contributed by atoms with Gasteiger partial charge >= 0.3 is 0 Å². The van der Waals surface area contributed by atoms with Crippen LogP contribution in [-0.2, 0) is 9.59 Å². The molecule has 0 aliphatic heterocycles. The van der Waals surface area contributed by atoms with E-state index in [1.807, 2.05) is 0 Å². The van der Waals surface area contributed by atoms with Gasteiger partial charge in [0.2, 0.25) is 11.8 Å². The Morgan fingerprint density at radius 2 is 0.896 bits per heavy atom. The van der Waals surface area contributed by atoms with E-state index in [1.54, 1.807) is 0 Å². The minimum atomic E-state index is -0.536. The van der Waals surface area contributed by atoms with Gasteiger partial charge in [-0.15, -0.1) is 0 Å². The average Bonchev–Trinajstić information content (AvgIpc) is 3.07. The first-order valence-corrected chi connectivity index (χ1v) is 20.6. The molecule has 0 aliphatic carbocycles. The molecular weight excluding hydrogens is 596 g/mol. The number of hydrogen-bond donors (Lipinski definition) is 5. The van der Waals surface area contributed by atoms with Gasteiger partial charge in [0.15, 0.2) is 0 Å². The number of carbonyl (C=O) groups is 2. The first-order chi connectivity index (χ1) is 23.3. The highest BCUT2D eigenvalue weighted by Crippen LogP contribution is 2.15. The standard InChI is InChI=1S/C40H82N6O2/c1-4-6-8-10-12-14-16-18-20-22-24-28-35-46(34-27-23-21-19-17-15-13-11-9-7-5-2)40(48)38(43)30-25-26-32-45-39(47)37(42)31-29-33-44-36(3)41/h37-38,44H,3-35,41-43H2,1-2H3,(H,45,47). The highest BCUT2D eigenvalue weighted by molar-refractivity contribution is 5.82. The minimum absolute atomic E-state index is 0.102. The average molecular weight is 679 g/mol. The Morgan fingerprint density at radius 3 is 1.31 bits per heavy atom. The third kappa shape index (κ3) is 30.3. The van der Waals surface area contributed by atoms with Crippen molar-refractivity contribution >= 4 is 11.8 Å². The predicted molar refractivity (Wildman–Crippen MR) is 207 cm³/mol. The van der Waals surface area contributed by atoms with Crippen molar-refractivity contribution in [3.05, 3.63) is 12.4 Å². The largest absolute Gasteiger partial charge is 0.386 e. The van der Waals surface area contributed by atoms with Crippen molar-refractivity contribution in [1.29, 1.82) is 0 Å². The van der Waals surface area contributed by atoms with Crippen molar-refractivity contribution in [3.63, 3.8) is 0 Å². The molecule has 8 N–H and O–H groups in total. The van der Waals surface area contributed by atoms with Crippen LogP contribution in [0.3, 0.4) is 0 Å². The van der Waals surface area contributed by atoms with Crippen molar-refractivity contribution in [2.45, 2.75) is 206 Å². The molecule has 2 unspecified atom stereocenters. The molecule has 0 heterocycles. The number of nitrogens with zero attached hydrogens (tertiary/aromatic N) is 1. The summed E-state index contributed by atoms with van der Waals surface area (Å²) in [6.45, 7) is 11.0. The zero-order valence-corrected chi connectivity index (χ0v) is 32.0. The van der Waals surface area contributed by atoms with Gasteiger partial charge < -0.3 is 32.7 Å². The molecule has 2 amide bonds. The molecule has 0 fully saturated rings. The summed E-state index contributed by atoms with van der Waals surface area (Å²) in [7, 11) is 0. The maximum Gasteiger partial charge on any atom is 0.239 e. The SMILES string of the molecule is C=C(N)NCCCC(N)C(=O)NCCCCC(N)C(=O)N(CCCCCCCCCCCCC)CCCCCCCCCCCCCC. The van der Waals surface area contributed by atoms with Crippen LogP contribution in [0.5, 0.6) is 0 Å². The van der Waals surface area contributed by atoms with Gasteiger partial charge in [0.1, 0.15) is 0 Å². The number of carbonyl (C=O) groups excluding carboxylic acids is 2. The molecule has 48 heavy (non-hydrogen) atoms. The van der Waals surface area contributed by atoms with Crippen LogP contribution in [0.4, 0.5) is 0 Å². The Labute approximate surface area is 297 Å². The summed E-state index contributed by atoms with van der Waals surface area (Å²) >= 11 is 0. The van der Waals surface area contributed by atoms with Crippen LogP contribution in [0.2, 0.25) is 0 Å². The lowest BCUT2D eigenvalue weighted by atomic mass is 10.0. The van der Waals surface area contributed by atoms with Crippen LogP contribution in [0.1, 0.15) is 194 Å². The lowest BCUT2D eigenvalue weighted by Gasteiger charge is -2.26. The van der Waals surface area contributed by atoms with E-state index < -0.39 is 12.1 Å². The number of hydrogen-bond acceptors (Lipinski definition) is 6. The molecule has 0 rings (SSSR count). The van der Waals surface area contributed by atoms with Crippen LogP contribution >= 0.6 is 0 Å². The highest BCUT2D eigenvalue weighted by atomic mass is 16.2. The van der Waals surface area contributed by atoms with Crippen molar-refractivity contribution < 1.29 is 9.59 Å². The zero-order valence-electron chi connectivity index (χ0n) is 32.0. The van der Waals surface area contributed by atoms with Gasteiger partial charge in [0, 0.05) is 26.2 Å². The molecule has 0 saturated heterocycles. The quantitative estimate of drug-likeness (QED) is 0.0417. The predicted octanol–water partition coefficient (Wildman–Crippen LogP) is 8.57. The number of amides is 2. The molecule has 2 atom stereocenters. The lowest BCUT2D eigenvalue weighted by Crippen LogP contribution is -2.44. The van der Waals surface area contributed by atoms with Gasteiger partial charge in [0.25, 0.3) is 0 Å². The van der Waals surface area contributed by atoms with Crippen LogP contribution in [0, 0.1) is 0 Å². The monoisotopic (exact) mass is 679 g/mol. The van der Waals surface area contributed by atoms with Crippen molar-refractivity contribution in [2.75, 3.05) is 26.2 Å². The summed E-state index contributed by atoms with van der Waals surface area (Å²) < 4.78 is 0. The smallest absolute Gasteiger partial charge is 0.239 e. The molecule has 8 heteroatoms. The fourth-order valence-electron chi connectivity index (χ4n) is 6.33. The number of nitrogens with one attached hydrogen (secondary N) is 2. The van der Waals surface area contributed by atoms with Gasteiger partial charge in [-0.25, -0.2) is 0 Å². The van der Waals surface area contributed by atoms with Crippen molar-refractivity contribution in [1.82, 2.24) is 15.5 Å². The second kappa shape index (κ2) is 35.0. The third-order valence-electron chi connectivity index (χ3n) is 9.56. The van der Waals surface area contributed by atoms with E-state index in [4.69, 9.17) is 17.2 Å². The molecule has 8 nitrogen and oxygen atoms in total. The molecule has 284 valence electrons. The summed E-state index contributed by atoms with van der Waals surface area (Å²) in [6, 6.07) is -1.01. The molecule has 0 radical (unpaired) electrons. The molecule has 0 aromatic heterocycles. The second-order valence-electron chi connectivity index (χ2n) is 14.3. The van der Waals surface area contributed by atoms with Crippen molar-refractivity contribution in [2.24, 2.45) is 17.2 Å². The fourth-order valence-corrected chi connectivity index (χ4v) is 6.33. The maximum absolute atomic E-state index is 13.4. The summed E-state index contributed by atoms with van der Waals surface area (Å²) in [4.78, 5) is 27.8. The van der Waals surface area contributed by atoms with Crippen LogP contribution < -0.4 is 27.8 Å². The van der Waals surface area contributed by atoms with Gasteiger partial charge in [-0.05, 0) is 44.9 Å². The Hall–Kier alpha value is -1.80. The second-order valence-corrected chi connectivity index (χ2v) is 14.3. The van der Waals surface area contributed by atoms with E-state index in [2.05, 4.69) is 36.0 Å². The lowest BCUT2D eigenvalue weighted by molar-refractivity contribution is -0.133. The molecule has 0 spiro atoms. The Balaban J connectivity index is 4.39. The third-order valence-corrected chi connectivity index (χ3v) is 9.56. The first kappa shape index (κ1) is 46.2. The fraction of sp³-hybridized carbons (Fsp3) is 0.900. The highest BCUT2D eigenvalue weighted by Gasteiger charge is 2.20. The molecule has 0 aromatic rings. The van der Waals surface area contributed by atoms with E-state index in [-0.39, 0.29) is 11.8 Å². The molecule has 0 bridgehead atoms. The zero-order chi connectivity index (χ0) is 35.5.